The summed E-state index contributed by atoms with van der Waals surface area (Å²) in [7, 11) is 0. The number of benzene rings is 1. The summed E-state index contributed by atoms with van der Waals surface area (Å²) in [6, 6.07) is 10.1. The smallest absolute Gasteiger partial charge is 0.0632 e. The second-order valence-electron chi connectivity index (χ2n) is 3.23. The van der Waals surface area contributed by atoms with Gasteiger partial charge in [0, 0.05) is 5.71 Å². The third-order valence-corrected chi connectivity index (χ3v) is 2.14. The molecule has 66 valence electrons. The van der Waals surface area contributed by atoms with Gasteiger partial charge in [-0.3, -0.25) is 4.99 Å². The second kappa shape index (κ2) is 4.04. The summed E-state index contributed by atoms with van der Waals surface area (Å²) in [5.41, 5.74) is 2.27. The topological polar surface area (TPSA) is 12.4 Å². The van der Waals surface area contributed by atoms with Crippen LogP contribution in [0.25, 0.3) is 0 Å². The third-order valence-electron chi connectivity index (χ3n) is 2.14. The van der Waals surface area contributed by atoms with Crippen molar-refractivity contribution in [2.45, 2.75) is 19.3 Å². The first kappa shape index (κ1) is 8.24. The Morgan fingerprint density at radius 3 is 2.62 bits per heavy atom. The summed E-state index contributed by atoms with van der Waals surface area (Å²) >= 11 is 0. The van der Waals surface area contributed by atoms with Gasteiger partial charge in [0.15, 0.2) is 0 Å². The summed E-state index contributed by atoms with van der Waals surface area (Å²) in [6.07, 6.45) is 7.89. The van der Waals surface area contributed by atoms with Gasteiger partial charge in [-0.15, -0.1) is 0 Å². The molecule has 0 radical (unpaired) electrons. The SMILES string of the molecule is C1=CC(=Nc2ccccc2)CCC1. The highest BCUT2D eigenvalue weighted by atomic mass is 14.7. The highest BCUT2D eigenvalue weighted by molar-refractivity contribution is 5.97. The van der Waals surface area contributed by atoms with Crippen LogP contribution in [0.4, 0.5) is 5.69 Å². The van der Waals surface area contributed by atoms with Crippen molar-refractivity contribution in [3.05, 3.63) is 42.5 Å². The quantitative estimate of drug-likeness (QED) is 0.613. The zero-order valence-electron chi connectivity index (χ0n) is 7.61. The van der Waals surface area contributed by atoms with E-state index in [0.29, 0.717) is 0 Å². The Kier molecular flexibility index (Phi) is 2.56. The summed E-state index contributed by atoms with van der Waals surface area (Å²) in [5.74, 6) is 0. The van der Waals surface area contributed by atoms with Crippen LogP contribution in [0.15, 0.2) is 47.5 Å². The van der Waals surface area contributed by atoms with Gasteiger partial charge in [0.25, 0.3) is 0 Å². The molecular formula is C12H13N. The number of rotatable bonds is 1. The lowest BCUT2D eigenvalue weighted by atomic mass is 10.1. The molecule has 13 heavy (non-hydrogen) atoms. The Hall–Kier alpha value is -1.37. The minimum atomic E-state index is 1.06. The van der Waals surface area contributed by atoms with Gasteiger partial charge in [-0.2, -0.15) is 0 Å². The molecule has 1 aliphatic carbocycles. The molecule has 0 N–H and O–H groups in total. The Labute approximate surface area is 78.8 Å². The predicted octanol–water partition coefficient (Wildman–Crippen LogP) is 3.50. The molecule has 0 saturated heterocycles. The number of hydrogen-bond acceptors (Lipinski definition) is 1. The lowest BCUT2D eigenvalue weighted by Crippen LogP contribution is -1.97. The molecule has 0 aliphatic heterocycles. The molecule has 0 saturated carbocycles. The second-order valence-corrected chi connectivity index (χ2v) is 3.23. The van der Waals surface area contributed by atoms with Crippen molar-refractivity contribution in [1.29, 1.82) is 0 Å². The van der Waals surface area contributed by atoms with Crippen molar-refractivity contribution in [2.75, 3.05) is 0 Å². The van der Waals surface area contributed by atoms with E-state index in [1.54, 1.807) is 0 Å². The van der Waals surface area contributed by atoms with Crippen molar-refractivity contribution in [3.63, 3.8) is 0 Å². The first-order chi connectivity index (χ1) is 6.45. The lowest BCUT2D eigenvalue weighted by Gasteiger charge is -2.05. The van der Waals surface area contributed by atoms with E-state index in [0.717, 1.165) is 12.1 Å². The van der Waals surface area contributed by atoms with Crippen LogP contribution < -0.4 is 0 Å². The van der Waals surface area contributed by atoms with Gasteiger partial charge in [0.2, 0.25) is 0 Å². The average Bonchev–Trinajstić information content (AvgIpc) is 2.21. The average molecular weight is 171 g/mol. The molecule has 1 aromatic rings. The van der Waals surface area contributed by atoms with E-state index in [1.807, 2.05) is 30.3 Å². The van der Waals surface area contributed by atoms with E-state index in [2.05, 4.69) is 17.1 Å². The number of allylic oxidation sites excluding steroid dienone is 2. The fraction of sp³-hybridized carbons (Fsp3) is 0.250. The van der Waals surface area contributed by atoms with Crippen LogP contribution in [0.5, 0.6) is 0 Å². The monoisotopic (exact) mass is 171 g/mol. The fourth-order valence-corrected chi connectivity index (χ4v) is 1.47. The Morgan fingerprint density at radius 2 is 1.92 bits per heavy atom. The molecule has 1 heteroatoms. The summed E-state index contributed by atoms with van der Waals surface area (Å²) in [5, 5.41) is 0. The van der Waals surface area contributed by atoms with Gasteiger partial charge in [-0.25, -0.2) is 0 Å². The highest BCUT2D eigenvalue weighted by Gasteiger charge is 1.99. The molecule has 2 rings (SSSR count). The maximum atomic E-state index is 4.55. The van der Waals surface area contributed by atoms with Crippen LogP contribution in [-0.4, -0.2) is 5.71 Å². The van der Waals surface area contributed by atoms with E-state index in [4.69, 9.17) is 0 Å². The molecule has 0 unspecified atom stereocenters. The Morgan fingerprint density at radius 1 is 1.08 bits per heavy atom. The van der Waals surface area contributed by atoms with Gasteiger partial charge in [0.05, 0.1) is 5.69 Å². The molecule has 0 fully saturated rings. The standard InChI is InChI=1S/C12H13N/c1-3-7-11(8-4-1)13-12-9-5-2-6-10-12/h1,3-5,7-9H,2,6,10H2. The van der Waals surface area contributed by atoms with Crippen LogP contribution in [0.1, 0.15) is 19.3 Å². The third kappa shape index (κ3) is 2.28. The molecule has 0 spiro atoms. The van der Waals surface area contributed by atoms with Crippen LogP contribution >= 0.6 is 0 Å². The largest absolute Gasteiger partial charge is 0.253 e. The Balaban J connectivity index is 2.20. The van der Waals surface area contributed by atoms with Gasteiger partial charge in [0.1, 0.15) is 0 Å². The van der Waals surface area contributed by atoms with Crippen LogP contribution in [0.3, 0.4) is 0 Å². The highest BCUT2D eigenvalue weighted by Crippen LogP contribution is 2.15. The molecule has 1 aromatic carbocycles. The van der Waals surface area contributed by atoms with E-state index < -0.39 is 0 Å². The number of nitrogens with zero attached hydrogens (tertiary/aromatic N) is 1. The maximum absolute atomic E-state index is 4.55. The summed E-state index contributed by atoms with van der Waals surface area (Å²) in [6.45, 7) is 0. The van der Waals surface area contributed by atoms with Crippen molar-refractivity contribution in [1.82, 2.24) is 0 Å². The molecule has 0 aromatic heterocycles. The van der Waals surface area contributed by atoms with Crippen LogP contribution in [0, 0.1) is 0 Å². The normalized spacial score (nSPS) is 19.2. The first-order valence-electron chi connectivity index (χ1n) is 4.74. The minimum absolute atomic E-state index is 1.06. The minimum Gasteiger partial charge on any atom is -0.253 e. The predicted molar refractivity (Wildman–Crippen MR) is 56.5 cm³/mol. The van der Waals surface area contributed by atoms with Gasteiger partial charge < -0.3 is 0 Å². The molecule has 1 aliphatic rings. The van der Waals surface area contributed by atoms with Crippen LogP contribution in [0.2, 0.25) is 0 Å². The molecule has 0 heterocycles. The van der Waals surface area contributed by atoms with Crippen molar-refractivity contribution in [3.8, 4) is 0 Å². The fourth-order valence-electron chi connectivity index (χ4n) is 1.47. The molecule has 0 bridgehead atoms. The van der Waals surface area contributed by atoms with E-state index >= 15 is 0 Å². The Bertz CT molecular complexity index is 322. The van der Waals surface area contributed by atoms with E-state index in [1.165, 1.54) is 18.6 Å². The lowest BCUT2D eigenvalue weighted by molar-refractivity contribution is 0.879. The van der Waals surface area contributed by atoms with Gasteiger partial charge in [-0.1, -0.05) is 24.3 Å². The summed E-state index contributed by atoms with van der Waals surface area (Å²) in [4.78, 5) is 4.55. The van der Waals surface area contributed by atoms with Crippen molar-refractivity contribution in [2.24, 2.45) is 4.99 Å². The van der Waals surface area contributed by atoms with Gasteiger partial charge >= 0.3 is 0 Å². The van der Waals surface area contributed by atoms with Gasteiger partial charge in [-0.05, 0) is 37.5 Å². The molecule has 0 atom stereocenters. The molecular weight excluding hydrogens is 158 g/mol. The number of hydrogen-bond donors (Lipinski definition) is 0. The van der Waals surface area contributed by atoms with Crippen molar-refractivity contribution < 1.29 is 0 Å². The summed E-state index contributed by atoms with van der Waals surface area (Å²) < 4.78 is 0. The zero-order valence-corrected chi connectivity index (χ0v) is 7.61. The van der Waals surface area contributed by atoms with Crippen LogP contribution in [-0.2, 0) is 0 Å². The first-order valence-corrected chi connectivity index (χ1v) is 4.74. The number of para-hydroxylation sites is 1. The maximum Gasteiger partial charge on any atom is 0.0632 e. The molecule has 1 nitrogen and oxygen atoms in total. The number of aliphatic imine (C=N–C) groups is 1. The van der Waals surface area contributed by atoms with E-state index in [9.17, 15) is 0 Å². The molecule has 0 amide bonds. The zero-order chi connectivity index (χ0) is 8.93. The van der Waals surface area contributed by atoms with Crippen molar-refractivity contribution >= 4 is 11.4 Å². The van der Waals surface area contributed by atoms with E-state index in [-0.39, 0.29) is 0 Å².